The Labute approximate surface area is 313 Å². The van der Waals surface area contributed by atoms with E-state index in [-0.39, 0.29) is 43.8 Å². The van der Waals surface area contributed by atoms with Crippen LogP contribution in [0, 0.1) is 5.92 Å². The van der Waals surface area contributed by atoms with Crippen LogP contribution >= 0.6 is 15.9 Å². The molecule has 4 aromatic rings. The molecule has 3 heterocycles. The number of halogens is 2. The molecular weight excluding hydrogens is 741 g/mol. The molecule has 3 aliphatic rings. The van der Waals surface area contributed by atoms with E-state index >= 15 is 4.11 Å². The van der Waals surface area contributed by atoms with Crippen molar-refractivity contribution in [1.29, 1.82) is 0 Å². The van der Waals surface area contributed by atoms with Gasteiger partial charge in [-0.2, -0.15) is 0 Å². The predicted molar refractivity (Wildman–Crippen MR) is 205 cm³/mol. The van der Waals surface area contributed by atoms with Gasteiger partial charge in [0.1, 0.15) is 0 Å². The molecule has 4 atom stereocenters. The fourth-order valence-corrected chi connectivity index (χ4v) is 11.4. The molecule has 11 heteroatoms. The lowest BCUT2D eigenvalue weighted by molar-refractivity contribution is -0.150. The summed E-state index contributed by atoms with van der Waals surface area (Å²) < 4.78 is 24.1. The van der Waals surface area contributed by atoms with Crippen molar-refractivity contribution in [2.75, 3.05) is 23.0 Å². The van der Waals surface area contributed by atoms with Gasteiger partial charge in [-0.3, -0.25) is 19.3 Å². The van der Waals surface area contributed by atoms with Gasteiger partial charge in [0.15, 0.2) is 5.60 Å². The number of anilines is 3. The highest BCUT2D eigenvalue weighted by atomic mass is 79.9. The molecule has 0 aliphatic carbocycles. The number of aliphatic hydroxyl groups is 1. The number of hydrogen-bond acceptors (Lipinski definition) is 5. The number of aryl methyl sites for hydroxylation is 1. The van der Waals surface area contributed by atoms with E-state index in [2.05, 4.69) is 15.9 Å². The highest BCUT2D eigenvalue weighted by molar-refractivity contribution is 9.10. The average molecular weight is 785 g/mol. The minimum Gasteiger partial charge on any atom is -0.395 e. The molecule has 0 aromatic heterocycles. The fourth-order valence-electron chi connectivity index (χ4n) is 8.54. The van der Waals surface area contributed by atoms with Crippen LogP contribution in [0.4, 0.5) is 21.2 Å². The number of amides is 3. The summed E-state index contributed by atoms with van der Waals surface area (Å²) in [5.74, 6) is -1.07. The van der Waals surface area contributed by atoms with E-state index < -0.39 is 31.6 Å². The van der Waals surface area contributed by atoms with Crippen LogP contribution in [0.2, 0.25) is 18.6 Å². The third kappa shape index (κ3) is 6.53. The summed E-state index contributed by atoms with van der Waals surface area (Å²) in [6, 6.07) is 30.8. The van der Waals surface area contributed by atoms with E-state index in [0.29, 0.717) is 30.6 Å². The van der Waals surface area contributed by atoms with Crippen LogP contribution in [0.1, 0.15) is 42.0 Å². The molecule has 8 nitrogen and oxygen atoms in total. The van der Waals surface area contributed by atoms with Crippen molar-refractivity contribution in [1.82, 2.24) is 4.90 Å². The topological polar surface area (TPSA) is 90.4 Å². The maximum Gasteiger partial charge on any atom is 0.264 e. The van der Waals surface area contributed by atoms with Crippen LogP contribution in [0.3, 0.4) is 0 Å². The molecule has 7 rings (SSSR count). The number of benzene rings is 4. The molecule has 4 aromatic carbocycles. The van der Waals surface area contributed by atoms with Crippen LogP contribution < -0.4 is 9.80 Å². The van der Waals surface area contributed by atoms with E-state index in [0.717, 1.165) is 32.5 Å². The Morgan fingerprint density at radius 3 is 2.38 bits per heavy atom. The number of fused-ring (bicyclic) bond motifs is 3. The lowest BCUT2D eigenvalue weighted by Crippen LogP contribution is -2.45. The summed E-state index contributed by atoms with van der Waals surface area (Å²) in [5.41, 5.74) is 3.74. The molecule has 52 heavy (non-hydrogen) atoms. The molecular formula is C41H43BrFN3O5Si. The normalized spacial score (nSPS) is 22.5. The molecule has 1 N–H and O–H groups in total. The molecule has 270 valence electrons. The number of aliphatic hydroxyl groups excluding tert-OH is 1. The van der Waals surface area contributed by atoms with E-state index in [1.54, 1.807) is 27.8 Å². The lowest BCUT2D eigenvalue weighted by atomic mass is 9.82. The van der Waals surface area contributed by atoms with Gasteiger partial charge in [0.2, 0.25) is 20.2 Å². The second kappa shape index (κ2) is 14.3. The fraction of sp³-hybridized carbons (Fsp3) is 0.341. The third-order valence-electron chi connectivity index (χ3n) is 10.9. The molecule has 1 fully saturated rings. The van der Waals surface area contributed by atoms with E-state index in [1.807, 2.05) is 104 Å². The van der Waals surface area contributed by atoms with Gasteiger partial charge in [0, 0.05) is 46.7 Å². The Morgan fingerprint density at radius 2 is 1.67 bits per heavy atom. The molecule has 3 amide bonds. The highest BCUT2D eigenvalue weighted by Crippen LogP contribution is 2.60. The Hall–Kier alpha value is -4.16. The van der Waals surface area contributed by atoms with Crippen molar-refractivity contribution in [3.8, 4) is 0 Å². The number of carbonyl (C=O) groups excluding carboxylic acids is 3. The Balaban J connectivity index is 1.18. The monoisotopic (exact) mass is 783 g/mol. The van der Waals surface area contributed by atoms with E-state index in [4.69, 9.17) is 4.74 Å². The van der Waals surface area contributed by atoms with E-state index in [9.17, 15) is 19.5 Å². The zero-order chi connectivity index (χ0) is 36.8. The first-order valence-corrected chi connectivity index (χ1v) is 21.6. The zero-order valence-corrected chi connectivity index (χ0v) is 32.2. The first-order chi connectivity index (χ1) is 24.9. The van der Waals surface area contributed by atoms with Crippen molar-refractivity contribution in [2.45, 2.75) is 69.6 Å². The Bertz CT molecular complexity index is 1990. The number of ether oxygens (including phenoxy) is 1. The molecule has 0 radical (unpaired) electrons. The Kier molecular flexibility index (Phi) is 9.98. The van der Waals surface area contributed by atoms with Crippen LogP contribution in [-0.4, -0.2) is 55.4 Å². The van der Waals surface area contributed by atoms with Gasteiger partial charge in [-0.05, 0) is 72.6 Å². The lowest BCUT2D eigenvalue weighted by Gasteiger charge is -2.31. The highest BCUT2D eigenvalue weighted by Gasteiger charge is 2.67. The van der Waals surface area contributed by atoms with Gasteiger partial charge in [0.25, 0.3) is 5.91 Å². The minimum atomic E-state index is -3.51. The zero-order valence-electron chi connectivity index (χ0n) is 29.6. The molecule has 1 saturated heterocycles. The molecule has 0 unspecified atom stereocenters. The van der Waals surface area contributed by atoms with Crippen LogP contribution in [-0.2, 0) is 44.2 Å². The number of para-hydroxylation sites is 1. The first-order valence-electron chi connectivity index (χ1n) is 17.8. The summed E-state index contributed by atoms with van der Waals surface area (Å²) in [6.45, 7) is 5.58. The van der Waals surface area contributed by atoms with Crippen LogP contribution in [0.5, 0.6) is 0 Å². The summed E-state index contributed by atoms with van der Waals surface area (Å²) in [7, 11) is -3.51. The summed E-state index contributed by atoms with van der Waals surface area (Å²) in [5, 5.41) is 9.82. The SMILES string of the molecule is C[C@H]1[C@H]([Si](C)(C)F)[C@@H](CC(=O)N(CCO)Cc2ccccc2)O[C@]12C(=O)N(Cc1ccc(N3C(=O)CCc4ccccc43)cc1)c1ccc(Br)cc12. The molecule has 0 saturated carbocycles. The Morgan fingerprint density at radius 1 is 0.962 bits per heavy atom. The molecule has 0 bridgehead atoms. The van der Waals surface area contributed by atoms with Crippen molar-refractivity contribution >= 4 is 59.1 Å². The quantitative estimate of drug-likeness (QED) is 0.131. The smallest absolute Gasteiger partial charge is 0.264 e. The second-order valence-corrected chi connectivity index (χ2v) is 19.3. The van der Waals surface area contributed by atoms with Crippen LogP contribution in [0.25, 0.3) is 0 Å². The van der Waals surface area contributed by atoms with Crippen molar-refractivity contribution in [3.05, 3.63) is 124 Å². The second-order valence-electron chi connectivity index (χ2n) is 14.6. The van der Waals surface area contributed by atoms with Crippen molar-refractivity contribution < 1.29 is 28.3 Å². The molecule has 1 spiro atoms. The maximum absolute atomic E-state index is 16.4. The number of hydrogen-bond donors (Lipinski definition) is 1. The number of rotatable bonds is 10. The summed E-state index contributed by atoms with van der Waals surface area (Å²) >= 11 is 3.59. The number of carbonyl (C=O) groups is 3. The summed E-state index contributed by atoms with van der Waals surface area (Å²) in [4.78, 5) is 46.9. The maximum atomic E-state index is 16.4. The average Bonchev–Trinajstić information content (AvgIpc) is 3.54. The van der Waals surface area contributed by atoms with Gasteiger partial charge >= 0.3 is 0 Å². The minimum absolute atomic E-state index is 0.0384. The van der Waals surface area contributed by atoms with Crippen LogP contribution in [0.15, 0.2) is 102 Å². The van der Waals surface area contributed by atoms with Gasteiger partial charge < -0.3 is 23.8 Å². The van der Waals surface area contributed by atoms with Gasteiger partial charge in [-0.1, -0.05) is 83.5 Å². The largest absolute Gasteiger partial charge is 0.395 e. The standard InChI is InChI=1S/C41H43BrFN3O5Si/c1-27-39(52(2,3)43)36(24-38(49)44(21-22-47)25-28-9-5-4-6-10-28)51-41(27)33-23-31(42)16-19-35(33)45(40(41)50)26-29-13-17-32(18-14-29)46-34-12-8-7-11-30(34)15-20-37(46)48/h4-14,16-19,23,27,36,39,47H,15,20-22,24-26H2,1-3H3/t27-,36+,39-,41+/m0/s1. The predicted octanol–water partition coefficient (Wildman–Crippen LogP) is 7.79. The van der Waals surface area contributed by atoms with Crippen molar-refractivity contribution in [2.24, 2.45) is 5.92 Å². The summed E-state index contributed by atoms with van der Waals surface area (Å²) in [6.07, 6.45) is 0.198. The first kappa shape index (κ1) is 36.2. The van der Waals surface area contributed by atoms with Gasteiger partial charge in [0.05, 0.1) is 37.1 Å². The third-order valence-corrected chi connectivity index (χ3v) is 13.8. The van der Waals surface area contributed by atoms with Gasteiger partial charge in [-0.25, -0.2) is 0 Å². The van der Waals surface area contributed by atoms with E-state index in [1.165, 1.54) is 0 Å². The molecule has 3 aliphatic heterocycles. The number of nitrogens with zero attached hydrogens (tertiary/aromatic N) is 3. The van der Waals surface area contributed by atoms with Crippen molar-refractivity contribution in [3.63, 3.8) is 0 Å². The van der Waals surface area contributed by atoms with Gasteiger partial charge in [-0.15, -0.1) is 0 Å².